The summed E-state index contributed by atoms with van der Waals surface area (Å²) in [7, 11) is 0. The fourth-order valence-corrected chi connectivity index (χ4v) is 2.26. The topological polar surface area (TPSA) is 61.4 Å². The predicted molar refractivity (Wildman–Crippen MR) is 70.8 cm³/mol. The lowest BCUT2D eigenvalue weighted by Crippen LogP contribution is -2.36. The van der Waals surface area contributed by atoms with E-state index in [1.54, 1.807) is 25.1 Å². The molecule has 0 saturated carbocycles. The Morgan fingerprint density at radius 3 is 2.89 bits per heavy atom. The standard InChI is InChI=1S/C14H20N2O2/c1-10-3-2-4-12(13(10)17)14(18)16-9-11-5-7-15-8-6-11/h2-4,11,15,17H,5-9H2,1H3,(H,16,18). The Hall–Kier alpha value is -1.55. The molecular formula is C14H20N2O2. The molecule has 1 fully saturated rings. The molecule has 0 spiro atoms. The van der Waals surface area contributed by atoms with Crippen molar-refractivity contribution in [2.75, 3.05) is 19.6 Å². The molecule has 0 aromatic heterocycles. The monoisotopic (exact) mass is 248 g/mol. The fourth-order valence-electron chi connectivity index (χ4n) is 2.26. The summed E-state index contributed by atoms with van der Waals surface area (Å²) in [6.07, 6.45) is 2.19. The normalized spacial score (nSPS) is 16.5. The molecule has 1 aromatic carbocycles. The first-order valence-corrected chi connectivity index (χ1v) is 6.46. The average Bonchev–Trinajstić information content (AvgIpc) is 2.40. The van der Waals surface area contributed by atoms with Crippen molar-refractivity contribution in [1.82, 2.24) is 10.6 Å². The molecule has 2 rings (SSSR count). The number of piperidine rings is 1. The molecule has 0 atom stereocenters. The number of carbonyl (C=O) groups is 1. The molecule has 0 aliphatic carbocycles. The third-order valence-electron chi connectivity index (χ3n) is 3.49. The van der Waals surface area contributed by atoms with Crippen molar-refractivity contribution in [3.8, 4) is 5.75 Å². The van der Waals surface area contributed by atoms with E-state index in [1.807, 2.05) is 0 Å². The molecule has 1 aromatic rings. The van der Waals surface area contributed by atoms with Gasteiger partial charge in [0.2, 0.25) is 0 Å². The van der Waals surface area contributed by atoms with Crippen LogP contribution >= 0.6 is 0 Å². The number of benzene rings is 1. The molecule has 0 bridgehead atoms. The third-order valence-corrected chi connectivity index (χ3v) is 3.49. The number of phenolic OH excluding ortho intramolecular Hbond substituents is 1. The number of carbonyl (C=O) groups excluding carboxylic acids is 1. The molecular weight excluding hydrogens is 228 g/mol. The molecule has 3 N–H and O–H groups in total. The first-order valence-electron chi connectivity index (χ1n) is 6.46. The van der Waals surface area contributed by atoms with Crippen LogP contribution in [0.4, 0.5) is 0 Å². The molecule has 1 heterocycles. The molecule has 4 heteroatoms. The molecule has 4 nitrogen and oxygen atoms in total. The summed E-state index contributed by atoms with van der Waals surface area (Å²) in [5, 5.41) is 16.0. The van der Waals surface area contributed by atoms with E-state index in [0.29, 0.717) is 18.0 Å². The lowest BCUT2D eigenvalue weighted by molar-refractivity contribution is 0.0941. The van der Waals surface area contributed by atoms with Gasteiger partial charge in [0, 0.05) is 6.54 Å². The highest BCUT2D eigenvalue weighted by atomic mass is 16.3. The summed E-state index contributed by atoms with van der Waals surface area (Å²) in [6, 6.07) is 5.23. The second kappa shape index (κ2) is 5.87. The highest BCUT2D eigenvalue weighted by Crippen LogP contribution is 2.21. The van der Waals surface area contributed by atoms with Crippen molar-refractivity contribution in [3.63, 3.8) is 0 Å². The van der Waals surface area contributed by atoms with Crippen LogP contribution in [0.3, 0.4) is 0 Å². The number of hydrogen-bond donors (Lipinski definition) is 3. The van der Waals surface area contributed by atoms with Crippen molar-refractivity contribution < 1.29 is 9.90 Å². The number of aryl methyl sites for hydroxylation is 1. The quantitative estimate of drug-likeness (QED) is 0.758. The van der Waals surface area contributed by atoms with Crippen molar-refractivity contribution in [2.45, 2.75) is 19.8 Å². The van der Waals surface area contributed by atoms with Crippen LogP contribution in [0, 0.1) is 12.8 Å². The highest BCUT2D eigenvalue weighted by Gasteiger charge is 2.16. The molecule has 1 aliphatic heterocycles. The van der Waals surface area contributed by atoms with Crippen LogP contribution in [-0.2, 0) is 0 Å². The Balaban J connectivity index is 1.93. The maximum Gasteiger partial charge on any atom is 0.255 e. The van der Waals surface area contributed by atoms with E-state index in [0.717, 1.165) is 31.5 Å². The summed E-state index contributed by atoms with van der Waals surface area (Å²) in [6.45, 7) is 4.53. The van der Waals surface area contributed by atoms with Crippen molar-refractivity contribution in [2.24, 2.45) is 5.92 Å². The van der Waals surface area contributed by atoms with E-state index in [2.05, 4.69) is 10.6 Å². The predicted octanol–water partition coefficient (Wildman–Crippen LogP) is 1.43. The number of para-hydroxylation sites is 1. The summed E-state index contributed by atoms with van der Waals surface area (Å²) in [5.41, 5.74) is 1.09. The van der Waals surface area contributed by atoms with Gasteiger partial charge in [0.25, 0.3) is 5.91 Å². The Morgan fingerprint density at radius 1 is 1.44 bits per heavy atom. The van der Waals surface area contributed by atoms with Gasteiger partial charge in [-0.25, -0.2) is 0 Å². The number of nitrogens with one attached hydrogen (secondary N) is 2. The largest absolute Gasteiger partial charge is 0.507 e. The van der Waals surface area contributed by atoms with Gasteiger partial charge in [-0.15, -0.1) is 0 Å². The number of rotatable bonds is 3. The van der Waals surface area contributed by atoms with Gasteiger partial charge in [-0.2, -0.15) is 0 Å². The minimum atomic E-state index is -0.185. The van der Waals surface area contributed by atoms with Crippen LogP contribution < -0.4 is 10.6 Å². The van der Waals surface area contributed by atoms with E-state index in [1.165, 1.54) is 0 Å². The van der Waals surface area contributed by atoms with Crippen LogP contribution in [-0.4, -0.2) is 30.6 Å². The van der Waals surface area contributed by atoms with Crippen LogP contribution in [0.25, 0.3) is 0 Å². The zero-order chi connectivity index (χ0) is 13.0. The molecule has 1 amide bonds. The highest BCUT2D eigenvalue weighted by molar-refractivity contribution is 5.97. The zero-order valence-corrected chi connectivity index (χ0v) is 10.7. The molecule has 98 valence electrons. The third kappa shape index (κ3) is 3.01. The maximum atomic E-state index is 12.0. The summed E-state index contributed by atoms with van der Waals surface area (Å²) >= 11 is 0. The Bertz CT molecular complexity index is 426. The first kappa shape index (κ1) is 12.9. The van der Waals surface area contributed by atoms with Gasteiger partial charge in [-0.1, -0.05) is 12.1 Å². The van der Waals surface area contributed by atoms with Crippen LogP contribution in [0.2, 0.25) is 0 Å². The Morgan fingerprint density at radius 2 is 2.17 bits per heavy atom. The Kier molecular flexibility index (Phi) is 4.20. The summed E-state index contributed by atoms with van der Waals surface area (Å²) < 4.78 is 0. The molecule has 1 saturated heterocycles. The molecule has 0 unspecified atom stereocenters. The molecule has 18 heavy (non-hydrogen) atoms. The zero-order valence-electron chi connectivity index (χ0n) is 10.7. The Labute approximate surface area is 107 Å². The fraction of sp³-hybridized carbons (Fsp3) is 0.500. The van der Waals surface area contributed by atoms with E-state index >= 15 is 0 Å². The van der Waals surface area contributed by atoms with E-state index in [9.17, 15) is 9.90 Å². The van der Waals surface area contributed by atoms with Gasteiger partial charge < -0.3 is 15.7 Å². The van der Waals surface area contributed by atoms with Crippen molar-refractivity contribution in [3.05, 3.63) is 29.3 Å². The number of amides is 1. The van der Waals surface area contributed by atoms with E-state index < -0.39 is 0 Å². The number of aromatic hydroxyl groups is 1. The van der Waals surface area contributed by atoms with Crippen LogP contribution in [0.15, 0.2) is 18.2 Å². The van der Waals surface area contributed by atoms with Gasteiger partial charge in [0.1, 0.15) is 5.75 Å². The van der Waals surface area contributed by atoms with E-state index in [-0.39, 0.29) is 11.7 Å². The SMILES string of the molecule is Cc1cccc(C(=O)NCC2CCNCC2)c1O. The van der Waals surface area contributed by atoms with Crippen LogP contribution in [0.5, 0.6) is 5.75 Å². The molecule has 1 aliphatic rings. The van der Waals surface area contributed by atoms with E-state index in [4.69, 9.17) is 0 Å². The first-order chi connectivity index (χ1) is 8.68. The summed E-state index contributed by atoms with van der Waals surface area (Å²) in [4.78, 5) is 12.0. The minimum Gasteiger partial charge on any atom is -0.507 e. The second-order valence-corrected chi connectivity index (χ2v) is 4.87. The van der Waals surface area contributed by atoms with Gasteiger partial charge in [0.05, 0.1) is 5.56 Å². The lowest BCUT2D eigenvalue weighted by atomic mass is 9.98. The van der Waals surface area contributed by atoms with Gasteiger partial charge in [0.15, 0.2) is 0 Å². The van der Waals surface area contributed by atoms with Gasteiger partial charge >= 0.3 is 0 Å². The second-order valence-electron chi connectivity index (χ2n) is 4.87. The molecule has 0 radical (unpaired) electrons. The van der Waals surface area contributed by atoms with Gasteiger partial charge in [-0.05, 0) is 50.4 Å². The smallest absolute Gasteiger partial charge is 0.255 e. The lowest BCUT2D eigenvalue weighted by Gasteiger charge is -2.22. The van der Waals surface area contributed by atoms with Gasteiger partial charge in [-0.3, -0.25) is 4.79 Å². The van der Waals surface area contributed by atoms with Crippen LogP contribution in [0.1, 0.15) is 28.8 Å². The average molecular weight is 248 g/mol. The number of hydrogen-bond acceptors (Lipinski definition) is 3. The summed E-state index contributed by atoms with van der Waals surface area (Å²) in [5.74, 6) is 0.442. The maximum absolute atomic E-state index is 12.0. The van der Waals surface area contributed by atoms with Crippen molar-refractivity contribution in [1.29, 1.82) is 0 Å². The van der Waals surface area contributed by atoms with Crippen molar-refractivity contribution >= 4 is 5.91 Å². The number of phenols is 1. The minimum absolute atomic E-state index is 0.0836.